The van der Waals surface area contributed by atoms with Crippen LogP contribution in [0.1, 0.15) is 40.7 Å². The molecule has 1 aliphatic heterocycles. The molecule has 2 heterocycles. The predicted octanol–water partition coefficient (Wildman–Crippen LogP) is 4.00. The fourth-order valence-corrected chi connectivity index (χ4v) is 3.72. The minimum Gasteiger partial charge on any atom is -0.497 e. The summed E-state index contributed by atoms with van der Waals surface area (Å²) in [6, 6.07) is 14.0. The maximum atomic E-state index is 12.6. The van der Waals surface area contributed by atoms with Gasteiger partial charge in [-0.25, -0.2) is 0 Å². The summed E-state index contributed by atoms with van der Waals surface area (Å²) in [7, 11) is 1.66. The topological polar surface area (TPSA) is 68.5 Å². The van der Waals surface area contributed by atoms with Crippen LogP contribution in [0.4, 0.5) is 5.69 Å². The summed E-state index contributed by atoms with van der Waals surface area (Å²) in [5, 5.41) is 4.16. The summed E-state index contributed by atoms with van der Waals surface area (Å²) in [5.74, 6) is 2.13. The number of hydrogen-bond acceptors (Lipinski definition) is 5. The van der Waals surface area contributed by atoms with Crippen molar-refractivity contribution in [3.05, 3.63) is 70.9 Å². The lowest BCUT2D eigenvalue weighted by Gasteiger charge is -2.19. The number of aromatic nitrogens is 2. The Kier molecular flexibility index (Phi) is 5.34. The van der Waals surface area contributed by atoms with Crippen molar-refractivity contribution >= 4 is 11.6 Å². The number of benzene rings is 2. The number of ether oxygens (including phenoxy) is 1. The van der Waals surface area contributed by atoms with Gasteiger partial charge in [-0.15, -0.1) is 0 Å². The Labute approximate surface area is 170 Å². The standard InChI is InChI=1S/C23H25N3O3/c1-15-5-4-6-20(16(15)2)26-14-18(13-22(26)27)23-24-21(29-25-23)12-9-17-7-10-19(28-3)11-8-17/h4-8,10-11,18H,9,12-14H2,1-3H3. The number of hydrogen-bond donors (Lipinski definition) is 0. The van der Waals surface area contributed by atoms with Crippen molar-refractivity contribution in [3.63, 3.8) is 0 Å². The third-order valence-corrected chi connectivity index (χ3v) is 5.63. The Balaban J connectivity index is 1.41. The second kappa shape index (κ2) is 8.07. The van der Waals surface area contributed by atoms with Gasteiger partial charge in [0.2, 0.25) is 11.8 Å². The average molecular weight is 391 g/mol. The number of amides is 1. The largest absolute Gasteiger partial charge is 0.497 e. The third kappa shape index (κ3) is 4.01. The van der Waals surface area contributed by atoms with Gasteiger partial charge in [0.1, 0.15) is 5.75 Å². The molecule has 1 amide bonds. The van der Waals surface area contributed by atoms with E-state index in [2.05, 4.69) is 30.1 Å². The molecule has 6 nitrogen and oxygen atoms in total. The Morgan fingerprint density at radius 3 is 2.69 bits per heavy atom. The van der Waals surface area contributed by atoms with E-state index in [1.165, 1.54) is 11.1 Å². The highest BCUT2D eigenvalue weighted by atomic mass is 16.5. The molecule has 0 saturated carbocycles. The highest BCUT2D eigenvalue weighted by Crippen LogP contribution is 2.33. The van der Waals surface area contributed by atoms with Crippen LogP contribution in [0, 0.1) is 13.8 Å². The van der Waals surface area contributed by atoms with Crippen molar-refractivity contribution in [1.29, 1.82) is 0 Å². The van der Waals surface area contributed by atoms with Crippen molar-refractivity contribution in [2.75, 3.05) is 18.6 Å². The van der Waals surface area contributed by atoms with Crippen LogP contribution in [-0.4, -0.2) is 29.7 Å². The fourth-order valence-electron chi connectivity index (χ4n) is 3.72. The number of nitrogens with zero attached hydrogens (tertiary/aromatic N) is 3. The highest BCUT2D eigenvalue weighted by molar-refractivity contribution is 5.97. The molecule has 2 aromatic carbocycles. The molecule has 6 heteroatoms. The van der Waals surface area contributed by atoms with Crippen molar-refractivity contribution in [3.8, 4) is 5.75 Å². The molecule has 1 aromatic heterocycles. The second-order valence-electron chi connectivity index (χ2n) is 7.52. The monoisotopic (exact) mass is 391 g/mol. The van der Waals surface area contributed by atoms with Crippen LogP contribution in [0.25, 0.3) is 0 Å². The van der Waals surface area contributed by atoms with Gasteiger partial charge < -0.3 is 14.2 Å². The fraction of sp³-hybridized carbons (Fsp3) is 0.348. The third-order valence-electron chi connectivity index (χ3n) is 5.63. The van der Waals surface area contributed by atoms with Crippen molar-refractivity contribution < 1.29 is 14.1 Å². The Morgan fingerprint density at radius 2 is 1.93 bits per heavy atom. The zero-order valence-electron chi connectivity index (χ0n) is 17.0. The molecule has 150 valence electrons. The lowest BCUT2D eigenvalue weighted by molar-refractivity contribution is -0.117. The van der Waals surface area contributed by atoms with Crippen molar-refractivity contribution in [2.45, 2.75) is 39.0 Å². The molecule has 0 N–H and O–H groups in total. The van der Waals surface area contributed by atoms with Gasteiger partial charge >= 0.3 is 0 Å². The van der Waals surface area contributed by atoms with Gasteiger partial charge in [0.25, 0.3) is 0 Å². The summed E-state index contributed by atoms with van der Waals surface area (Å²) in [6.07, 6.45) is 1.88. The van der Waals surface area contributed by atoms with Crippen LogP contribution in [0.15, 0.2) is 47.0 Å². The van der Waals surface area contributed by atoms with Crippen LogP contribution in [0.5, 0.6) is 5.75 Å². The quantitative estimate of drug-likeness (QED) is 0.635. The number of rotatable bonds is 6. The lowest BCUT2D eigenvalue weighted by atomic mass is 10.1. The number of aryl methyl sites for hydroxylation is 3. The summed E-state index contributed by atoms with van der Waals surface area (Å²) in [5.41, 5.74) is 4.47. The van der Waals surface area contributed by atoms with E-state index < -0.39 is 0 Å². The summed E-state index contributed by atoms with van der Waals surface area (Å²) < 4.78 is 10.6. The Morgan fingerprint density at radius 1 is 1.14 bits per heavy atom. The van der Waals surface area contributed by atoms with E-state index in [-0.39, 0.29) is 11.8 Å². The lowest BCUT2D eigenvalue weighted by Crippen LogP contribution is -2.25. The molecule has 3 aromatic rings. The minimum atomic E-state index is -0.0408. The molecule has 0 aliphatic carbocycles. The first-order valence-electron chi connectivity index (χ1n) is 9.87. The highest BCUT2D eigenvalue weighted by Gasteiger charge is 2.35. The summed E-state index contributed by atoms with van der Waals surface area (Å²) in [4.78, 5) is 19.0. The number of carbonyl (C=O) groups excluding carboxylic acids is 1. The van der Waals surface area contributed by atoms with Crippen molar-refractivity contribution in [1.82, 2.24) is 10.1 Å². The molecule has 1 fully saturated rings. The van der Waals surface area contributed by atoms with Crippen LogP contribution in [-0.2, 0) is 17.6 Å². The molecular formula is C23H25N3O3. The van der Waals surface area contributed by atoms with Crippen LogP contribution in [0.3, 0.4) is 0 Å². The molecule has 4 rings (SSSR count). The van der Waals surface area contributed by atoms with E-state index in [4.69, 9.17) is 9.26 Å². The normalized spacial score (nSPS) is 16.4. The van der Waals surface area contributed by atoms with E-state index in [0.29, 0.717) is 31.1 Å². The first-order valence-corrected chi connectivity index (χ1v) is 9.87. The first kappa shape index (κ1) is 19.2. The summed E-state index contributed by atoms with van der Waals surface area (Å²) >= 11 is 0. The molecule has 0 bridgehead atoms. The van der Waals surface area contributed by atoms with Crippen molar-refractivity contribution in [2.24, 2.45) is 0 Å². The molecule has 0 spiro atoms. The van der Waals surface area contributed by atoms with Gasteiger partial charge in [-0.05, 0) is 55.2 Å². The predicted molar refractivity (Wildman–Crippen MR) is 110 cm³/mol. The maximum absolute atomic E-state index is 12.6. The molecule has 1 aliphatic rings. The van der Waals surface area contributed by atoms with E-state index in [9.17, 15) is 4.79 Å². The van der Waals surface area contributed by atoms with Gasteiger partial charge in [0.05, 0.1) is 7.11 Å². The van der Waals surface area contributed by atoms with Crippen LogP contribution in [0.2, 0.25) is 0 Å². The van der Waals surface area contributed by atoms with Gasteiger partial charge in [0.15, 0.2) is 5.82 Å². The average Bonchev–Trinajstić information content (AvgIpc) is 3.35. The zero-order valence-corrected chi connectivity index (χ0v) is 17.0. The minimum absolute atomic E-state index is 0.0408. The van der Waals surface area contributed by atoms with Gasteiger partial charge in [-0.1, -0.05) is 29.4 Å². The molecule has 29 heavy (non-hydrogen) atoms. The van der Waals surface area contributed by atoms with E-state index in [0.717, 1.165) is 23.4 Å². The first-order chi connectivity index (χ1) is 14.0. The van der Waals surface area contributed by atoms with E-state index in [1.807, 2.05) is 41.3 Å². The van der Waals surface area contributed by atoms with Gasteiger partial charge in [-0.2, -0.15) is 4.98 Å². The van der Waals surface area contributed by atoms with E-state index in [1.54, 1.807) is 7.11 Å². The van der Waals surface area contributed by atoms with Crippen LogP contribution < -0.4 is 9.64 Å². The summed E-state index contributed by atoms with van der Waals surface area (Å²) in [6.45, 7) is 4.70. The zero-order chi connectivity index (χ0) is 20.4. The van der Waals surface area contributed by atoms with E-state index >= 15 is 0 Å². The molecule has 1 saturated heterocycles. The van der Waals surface area contributed by atoms with Gasteiger partial charge in [-0.3, -0.25) is 4.79 Å². The Bertz CT molecular complexity index is 1010. The maximum Gasteiger partial charge on any atom is 0.227 e. The number of carbonyl (C=O) groups is 1. The molecule has 0 radical (unpaired) electrons. The Hall–Kier alpha value is -3.15. The second-order valence-corrected chi connectivity index (χ2v) is 7.52. The van der Waals surface area contributed by atoms with Gasteiger partial charge in [0, 0.05) is 31.0 Å². The molecule has 1 unspecified atom stereocenters. The number of anilines is 1. The number of methoxy groups -OCH3 is 1. The molecular weight excluding hydrogens is 366 g/mol. The molecule has 1 atom stereocenters. The van der Waals surface area contributed by atoms with Crippen LogP contribution >= 0.6 is 0 Å². The smallest absolute Gasteiger partial charge is 0.227 e. The SMILES string of the molecule is COc1ccc(CCc2nc(C3CC(=O)N(c4cccc(C)c4C)C3)no2)cc1.